The van der Waals surface area contributed by atoms with E-state index in [2.05, 4.69) is 20.4 Å². The van der Waals surface area contributed by atoms with Crippen LogP contribution < -0.4 is 0 Å². The van der Waals surface area contributed by atoms with Crippen LogP contribution in [-0.4, -0.2) is 12.7 Å². The largest absolute Gasteiger partial charge is 0.373 e. The predicted octanol–water partition coefficient (Wildman–Crippen LogP) is 4.33. The summed E-state index contributed by atoms with van der Waals surface area (Å²) in [6.07, 6.45) is 9.74. The van der Waals surface area contributed by atoms with E-state index >= 15 is 0 Å². The molecule has 0 aliphatic carbocycles. The zero-order valence-electron chi connectivity index (χ0n) is 10.4. The summed E-state index contributed by atoms with van der Waals surface area (Å²) in [5.41, 5.74) is 1.32. The molecule has 0 radical (unpaired) electrons. The lowest BCUT2D eigenvalue weighted by Crippen LogP contribution is -2.07. The van der Waals surface area contributed by atoms with Gasteiger partial charge in [0.25, 0.3) is 0 Å². The Balaban J connectivity index is 1.98. The maximum Gasteiger partial charge on any atom is 0.0786 e. The molecule has 15 heavy (non-hydrogen) atoms. The van der Waals surface area contributed by atoms with Gasteiger partial charge in [-0.3, -0.25) is 0 Å². The van der Waals surface area contributed by atoms with E-state index in [9.17, 15) is 0 Å². The molecule has 1 fully saturated rings. The van der Waals surface area contributed by atoms with Gasteiger partial charge in [0.05, 0.1) is 12.7 Å². The Labute approximate surface area is 94.9 Å². The first-order valence-electron chi connectivity index (χ1n) is 6.56. The van der Waals surface area contributed by atoms with Gasteiger partial charge in [0, 0.05) is 5.92 Å². The molecule has 1 heteroatoms. The molecule has 2 atom stereocenters. The van der Waals surface area contributed by atoms with E-state index < -0.39 is 0 Å². The maximum atomic E-state index is 5.71. The van der Waals surface area contributed by atoms with Crippen molar-refractivity contribution in [1.29, 1.82) is 0 Å². The van der Waals surface area contributed by atoms with Crippen molar-refractivity contribution in [1.82, 2.24) is 0 Å². The van der Waals surface area contributed by atoms with Crippen molar-refractivity contribution in [3.8, 4) is 0 Å². The summed E-state index contributed by atoms with van der Waals surface area (Å²) < 4.78 is 5.71. The van der Waals surface area contributed by atoms with Gasteiger partial charge in [-0.25, -0.2) is 0 Å². The summed E-state index contributed by atoms with van der Waals surface area (Å²) in [4.78, 5) is 0. The first kappa shape index (κ1) is 12.8. The number of hydrogen-bond acceptors (Lipinski definition) is 1. The van der Waals surface area contributed by atoms with Crippen molar-refractivity contribution in [2.45, 2.75) is 64.9 Å². The van der Waals surface area contributed by atoms with E-state index in [-0.39, 0.29) is 0 Å². The van der Waals surface area contributed by atoms with Crippen molar-refractivity contribution in [2.75, 3.05) is 6.61 Å². The Bertz CT molecular complexity index is 186. The molecule has 1 nitrogen and oxygen atoms in total. The Morgan fingerprint density at radius 1 is 1.20 bits per heavy atom. The molecule has 0 spiro atoms. The van der Waals surface area contributed by atoms with Crippen LogP contribution in [0.15, 0.2) is 12.2 Å². The second-order valence-corrected chi connectivity index (χ2v) is 4.85. The number of rotatable bonds is 7. The van der Waals surface area contributed by atoms with E-state index in [0.29, 0.717) is 12.0 Å². The summed E-state index contributed by atoms with van der Waals surface area (Å²) in [6.45, 7) is 9.48. The molecule has 1 aliphatic rings. The minimum Gasteiger partial charge on any atom is -0.373 e. The summed E-state index contributed by atoms with van der Waals surface area (Å²) in [6, 6.07) is 0. The second-order valence-electron chi connectivity index (χ2n) is 4.85. The van der Waals surface area contributed by atoms with Crippen molar-refractivity contribution >= 4 is 0 Å². The molecular weight excluding hydrogens is 184 g/mol. The van der Waals surface area contributed by atoms with Gasteiger partial charge in [-0.05, 0) is 12.0 Å². The highest BCUT2D eigenvalue weighted by Gasteiger charge is 2.25. The summed E-state index contributed by atoms with van der Waals surface area (Å²) >= 11 is 0. The van der Waals surface area contributed by atoms with E-state index in [1.807, 2.05) is 0 Å². The van der Waals surface area contributed by atoms with E-state index in [1.165, 1.54) is 50.5 Å². The Morgan fingerprint density at radius 2 is 1.87 bits per heavy atom. The maximum absolute atomic E-state index is 5.71. The van der Waals surface area contributed by atoms with Crippen molar-refractivity contribution in [3.63, 3.8) is 0 Å². The minimum absolute atomic E-state index is 0.367. The molecule has 1 rings (SSSR count). The highest BCUT2D eigenvalue weighted by molar-refractivity contribution is 5.10. The lowest BCUT2D eigenvalue weighted by atomic mass is 9.97. The first-order chi connectivity index (χ1) is 7.25. The lowest BCUT2D eigenvalue weighted by Gasteiger charge is -2.11. The molecule has 0 saturated carbocycles. The smallest absolute Gasteiger partial charge is 0.0786 e. The van der Waals surface area contributed by atoms with Gasteiger partial charge < -0.3 is 4.74 Å². The Hall–Kier alpha value is -0.300. The lowest BCUT2D eigenvalue weighted by molar-refractivity contribution is 0.109. The Morgan fingerprint density at radius 3 is 2.47 bits per heavy atom. The molecule has 0 aromatic rings. The molecule has 0 bridgehead atoms. The summed E-state index contributed by atoms with van der Waals surface area (Å²) in [5, 5.41) is 0. The normalized spacial score (nSPS) is 26.1. The van der Waals surface area contributed by atoms with Gasteiger partial charge in [-0.15, -0.1) is 0 Å². The van der Waals surface area contributed by atoms with Crippen LogP contribution in [0.4, 0.5) is 0 Å². The molecular formula is C14H26O. The molecule has 0 aromatic carbocycles. The SMILES string of the molecule is C=C1[C@H](C)CO[C@H]1CCCCCCCC. The third kappa shape index (κ3) is 4.38. The Kier molecular flexibility index (Phi) is 6.00. The van der Waals surface area contributed by atoms with E-state index in [4.69, 9.17) is 4.74 Å². The fraction of sp³-hybridized carbons (Fsp3) is 0.857. The summed E-state index contributed by atoms with van der Waals surface area (Å²) in [7, 11) is 0. The number of ether oxygens (including phenoxy) is 1. The van der Waals surface area contributed by atoms with E-state index in [0.717, 1.165) is 6.61 Å². The van der Waals surface area contributed by atoms with Gasteiger partial charge in [-0.1, -0.05) is 59.0 Å². The van der Waals surface area contributed by atoms with Crippen LogP contribution >= 0.6 is 0 Å². The monoisotopic (exact) mass is 210 g/mol. The molecule has 1 heterocycles. The topological polar surface area (TPSA) is 9.23 Å². The molecule has 0 aromatic heterocycles. The number of hydrogen-bond donors (Lipinski definition) is 0. The average Bonchev–Trinajstić information content (AvgIpc) is 2.54. The third-order valence-electron chi connectivity index (χ3n) is 3.41. The van der Waals surface area contributed by atoms with Crippen LogP contribution in [0.25, 0.3) is 0 Å². The van der Waals surface area contributed by atoms with Gasteiger partial charge in [-0.2, -0.15) is 0 Å². The highest BCUT2D eigenvalue weighted by atomic mass is 16.5. The standard InChI is InChI=1S/C14H26O/c1-4-5-6-7-8-9-10-14-13(3)12(2)11-15-14/h12,14H,3-11H2,1-2H3/t12-,14+/m1/s1. The molecule has 0 unspecified atom stereocenters. The van der Waals surface area contributed by atoms with Crippen LogP contribution in [0.3, 0.4) is 0 Å². The van der Waals surface area contributed by atoms with Gasteiger partial charge in [0.15, 0.2) is 0 Å². The molecule has 1 saturated heterocycles. The zero-order valence-corrected chi connectivity index (χ0v) is 10.4. The fourth-order valence-electron chi connectivity index (χ4n) is 2.17. The van der Waals surface area contributed by atoms with Crippen molar-refractivity contribution in [3.05, 3.63) is 12.2 Å². The van der Waals surface area contributed by atoms with Crippen LogP contribution in [0.2, 0.25) is 0 Å². The van der Waals surface area contributed by atoms with Gasteiger partial charge in [0.2, 0.25) is 0 Å². The molecule has 0 N–H and O–H groups in total. The zero-order chi connectivity index (χ0) is 11.1. The van der Waals surface area contributed by atoms with Crippen LogP contribution in [0, 0.1) is 5.92 Å². The van der Waals surface area contributed by atoms with E-state index in [1.54, 1.807) is 0 Å². The molecule has 1 aliphatic heterocycles. The van der Waals surface area contributed by atoms with Crippen molar-refractivity contribution in [2.24, 2.45) is 5.92 Å². The van der Waals surface area contributed by atoms with Gasteiger partial charge >= 0.3 is 0 Å². The summed E-state index contributed by atoms with van der Waals surface area (Å²) in [5.74, 6) is 0.579. The van der Waals surface area contributed by atoms with Crippen LogP contribution in [0.5, 0.6) is 0 Å². The fourth-order valence-corrected chi connectivity index (χ4v) is 2.17. The average molecular weight is 210 g/mol. The van der Waals surface area contributed by atoms with Crippen LogP contribution in [0.1, 0.15) is 58.8 Å². The number of unbranched alkanes of at least 4 members (excludes halogenated alkanes) is 5. The van der Waals surface area contributed by atoms with Gasteiger partial charge in [0.1, 0.15) is 0 Å². The van der Waals surface area contributed by atoms with Crippen LogP contribution in [-0.2, 0) is 4.74 Å². The first-order valence-corrected chi connectivity index (χ1v) is 6.56. The highest BCUT2D eigenvalue weighted by Crippen LogP contribution is 2.27. The second kappa shape index (κ2) is 7.05. The third-order valence-corrected chi connectivity index (χ3v) is 3.41. The quantitative estimate of drug-likeness (QED) is 0.449. The molecule has 88 valence electrons. The minimum atomic E-state index is 0.367. The molecule has 0 amide bonds. The predicted molar refractivity (Wildman–Crippen MR) is 66.0 cm³/mol. The van der Waals surface area contributed by atoms with Crippen molar-refractivity contribution < 1.29 is 4.74 Å².